The van der Waals surface area contributed by atoms with E-state index >= 15 is 0 Å². The van der Waals surface area contributed by atoms with Gasteiger partial charge in [-0.3, -0.25) is 0 Å². The molecule has 0 unspecified atom stereocenters. The van der Waals surface area contributed by atoms with Gasteiger partial charge in [-0.25, -0.2) is 0 Å². The fraction of sp³-hybridized carbons (Fsp3) is 0.750. The van der Waals surface area contributed by atoms with Crippen molar-refractivity contribution in [3.63, 3.8) is 0 Å². The molecule has 0 radical (unpaired) electrons. The predicted octanol–water partition coefficient (Wildman–Crippen LogP) is 0.860. The Kier molecular flexibility index (Phi) is 3.84. The normalized spacial score (nSPS) is 8.50. The van der Waals surface area contributed by atoms with Crippen LogP contribution >= 0.6 is 0 Å². The van der Waals surface area contributed by atoms with Gasteiger partial charge in [0.1, 0.15) is 0 Å². The molecule has 0 aliphatic heterocycles. The van der Waals surface area contributed by atoms with Gasteiger partial charge in [-0.15, -0.1) is 0 Å². The molecule has 0 fully saturated rings. The summed E-state index contributed by atoms with van der Waals surface area (Å²) in [6.45, 7) is 1.97. The van der Waals surface area contributed by atoms with E-state index in [1.54, 1.807) is 0 Å². The van der Waals surface area contributed by atoms with Gasteiger partial charge in [-0.1, -0.05) is 0 Å². The third-order valence-electron chi connectivity index (χ3n) is 0.427. The fourth-order valence-electron chi connectivity index (χ4n) is 0.177. The Morgan fingerprint density at radius 3 is 2.33 bits per heavy atom. The first kappa shape index (κ1) is 6.41. The summed E-state index contributed by atoms with van der Waals surface area (Å²) in [6, 6.07) is 0. The summed E-state index contributed by atoms with van der Waals surface area (Å²) in [5.74, 6) is 0. The molecule has 0 aliphatic carbocycles. The zero-order chi connectivity index (χ0) is 4.99. The number of carbonyl (C=O) groups is 1. The molecule has 6 heavy (non-hydrogen) atoms. The van der Waals surface area contributed by atoms with E-state index in [0.717, 1.165) is 6.42 Å². The monoisotopic (exact) mass is 178 g/mol. The summed E-state index contributed by atoms with van der Waals surface area (Å²) in [7, 11) is 0. The Morgan fingerprint density at radius 2 is 2.33 bits per heavy atom. The first-order chi connectivity index (χ1) is 2.77. The van der Waals surface area contributed by atoms with E-state index in [1.807, 2.05) is 6.92 Å². The SMILES string of the molecule is CCC[C](=O)[Ag]. The van der Waals surface area contributed by atoms with Crippen LogP contribution < -0.4 is 0 Å². The zero-order valence-corrected chi connectivity index (χ0v) is 5.11. The van der Waals surface area contributed by atoms with Gasteiger partial charge >= 0.3 is 49.6 Å². The van der Waals surface area contributed by atoms with Crippen molar-refractivity contribution in [2.45, 2.75) is 19.8 Å². The summed E-state index contributed by atoms with van der Waals surface area (Å²) >= 11 is 2.81. The van der Waals surface area contributed by atoms with Crippen molar-refractivity contribution in [3.05, 3.63) is 0 Å². The van der Waals surface area contributed by atoms with E-state index in [9.17, 15) is 4.79 Å². The first-order valence-corrected chi connectivity index (χ1v) is 2.66. The molecule has 0 amide bonds. The van der Waals surface area contributed by atoms with Crippen LogP contribution in [0.1, 0.15) is 19.8 Å². The van der Waals surface area contributed by atoms with Crippen molar-refractivity contribution in [1.29, 1.82) is 0 Å². The second-order valence-electron chi connectivity index (χ2n) is 1.06. The third kappa shape index (κ3) is 4.41. The van der Waals surface area contributed by atoms with Crippen molar-refractivity contribution in [3.8, 4) is 0 Å². The van der Waals surface area contributed by atoms with Gasteiger partial charge in [0.05, 0.1) is 0 Å². The topological polar surface area (TPSA) is 17.1 Å². The van der Waals surface area contributed by atoms with Gasteiger partial charge in [0.2, 0.25) is 0 Å². The molecule has 0 aliphatic rings. The predicted molar refractivity (Wildman–Crippen MR) is 19.9 cm³/mol. The Bertz CT molecular complexity index is 51.5. The molecular formula is C4H7AgO. The van der Waals surface area contributed by atoms with E-state index in [4.69, 9.17) is 0 Å². The summed E-state index contributed by atoms with van der Waals surface area (Å²) in [4.78, 5) is 9.96. The van der Waals surface area contributed by atoms with E-state index in [0.29, 0.717) is 6.42 Å². The molecule has 0 saturated heterocycles. The van der Waals surface area contributed by atoms with Crippen LogP contribution in [0.15, 0.2) is 0 Å². The summed E-state index contributed by atoms with van der Waals surface area (Å²) in [5, 5.41) is 0. The van der Waals surface area contributed by atoms with Crippen molar-refractivity contribution in [1.82, 2.24) is 0 Å². The van der Waals surface area contributed by atoms with Crippen molar-refractivity contribution in [2.75, 3.05) is 0 Å². The number of hydrogen-bond donors (Lipinski definition) is 0. The van der Waals surface area contributed by atoms with E-state index in [1.165, 1.54) is 0 Å². The fourth-order valence-corrected chi connectivity index (χ4v) is 0.548. The minimum absolute atomic E-state index is 0.0994. The molecule has 0 rings (SSSR count). The van der Waals surface area contributed by atoms with Gasteiger partial charge in [0.25, 0.3) is 0 Å². The van der Waals surface area contributed by atoms with Gasteiger partial charge in [0, 0.05) is 0 Å². The average molecular weight is 179 g/mol. The molecule has 0 saturated carbocycles. The summed E-state index contributed by atoms with van der Waals surface area (Å²) in [6.07, 6.45) is 1.59. The molecule has 0 aromatic carbocycles. The van der Waals surface area contributed by atoms with Crippen LogP contribution in [0.2, 0.25) is 0 Å². The second kappa shape index (κ2) is 3.60. The molecule has 0 N–H and O–H groups in total. The molecular weight excluding hydrogens is 172 g/mol. The molecule has 0 bridgehead atoms. The molecule has 0 aromatic rings. The number of rotatable bonds is 2. The quantitative estimate of drug-likeness (QED) is 0.574. The zero-order valence-electron chi connectivity index (χ0n) is 3.62. The standard InChI is InChI=1S/C4H7O.Ag/c1-2-3-4-5;/h2-3H2,1H3;. The molecule has 0 aromatic heterocycles. The number of carbonyl (C=O) groups excluding carboxylic acids is 1. The van der Waals surface area contributed by atoms with Crippen LogP contribution in [0.25, 0.3) is 0 Å². The van der Waals surface area contributed by atoms with Crippen molar-refractivity contribution < 1.29 is 25.9 Å². The van der Waals surface area contributed by atoms with Gasteiger partial charge in [-0.05, 0) is 0 Å². The van der Waals surface area contributed by atoms with Crippen molar-refractivity contribution in [2.24, 2.45) is 0 Å². The van der Waals surface area contributed by atoms with Crippen LogP contribution in [0.4, 0.5) is 0 Å². The van der Waals surface area contributed by atoms with Gasteiger partial charge in [0.15, 0.2) is 0 Å². The van der Waals surface area contributed by atoms with E-state index < -0.39 is 0 Å². The van der Waals surface area contributed by atoms with Crippen LogP contribution in [0.3, 0.4) is 0 Å². The van der Waals surface area contributed by atoms with Crippen LogP contribution in [0, 0.1) is 0 Å². The second-order valence-corrected chi connectivity index (χ2v) is 1.89. The molecule has 0 spiro atoms. The van der Waals surface area contributed by atoms with Gasteiger partial charge in [-0.2, -0.15) is 0 Å². The van der Waals surface area contributed by atoms with Gasteiger partial charge < -0.3 is 0 Å². The first-order valence-electron chi connectivity index (χ1n) is 1.92. The summed E-state index contributed by atoms with van der Waals surface area (Å²) in [5.41, 5.74) is 0. The van der Waals surface area contributed by atoms with Crippen LogP contribution in [-0.2, 0) is 25.9 Å². The molecule has 0 heterocycles. The van der Waals surface area contributed by atoms with Crippen LogP contribution in [0.5, 0.6) is 0 Å². The van der Waals surface area contributed by atoms with Crippen LogP contribution in [-0.4, -0.2) is 4.00 Å². The maximum atomic E-state index is 9.96. The summed E-state index contributed by atoms with van der Waals surface area (Å²) < 4.78 is 0.0994. The molecule has 0 atom stereocenters. The number of hydrogen-bond acceptors (Lipinski definition) is 1. The minimum atomic E-state index is 0.0994. The molecule has 2 heteroatoms. The Hall–Kier alpha value is 0.410. The Morgan fingerprint density at radius 1 is 1.83 bits per heavy atom. The maximum absolute atomic E-state index is 9.96. The van der Waals surface area contributed by atoms with E-state index in [-0.39, 0.29) is 4.00 Å². The van der Waals surface area contributed by atoms with Crippen molar-refractivity contribution >= 4 is 4.00 Å². The molecule has 1 nitrogen and oxygen atoms in total. The molecule has 40 valence electrons. The Balaban J connectivity index is 2.83. The Labute approximate surface area is 50.0 Å². The van der Waals surface area contributed by atoms with E-state index in [2.05, 4.69) is 21.1 Å². The average Bonchev–Trinajstić information content (AvgIpc) is 1.35. The third-order valence-corrected chi connectivity index (χ3v) is 0.798.